The molecule has 2 unspecified atom stereocenters. The van der Waals surface area contributed by atoms with E-state index in [0.29, 0.717) is 18.7 Å². The van der Waals surface area contributed by atoms with Gasteiger partial charge in [-0.3, -0.25) is 9.59 Å². The van der Waals surface area contributed by atoms with Crippen LogP contribution in [0.15, 0.2) is 48.5 Å². The largest absolute Gasteiger partial charge is 0.416 e. The van der Waals surface area contributed by atoms with Crippen molar-refractivity contribution >= 4 is 35.6 Å². The molecule has 2 atom stereocenters. The second-order valence-electron chi connectivity index (χ2n) is 6.45. The Labute approximate surface area is 170 Å². The van der Waals surface area contributed by atoms with Crippen LogP contribution in [0.3, 0.4) is 0 Å². The van der Waals surface area contributed by atoms with E-state index in [1.165, 1.54) is 24.3 Å². The minimum absolute atomic E-state index is 0. The van der Waals surface area contributed by atoms with Gasteiger partial charge in [-0.05, 0) is 42.8 Å². The summed E-state index contributed by atoms with van der Waals surface area (Å²) >= 11 is 0. The summed E-state index contributed by atoms with van der Waals surface area (Å²) < 4.78 is 38.3. The highest BCUT2D eigenvalue weighted by Crippen LogP contribution is 2.30. The zero-order chi connectivity index (χ0) is 20.3. The number of hydrogen-bond donors (Lipinski definition) is 4. The average molecular weight is 430 g/mol. The van der Waals surface area contributed by atoms with Crippen LogP contribution in [0.2, 0.25) is 0 Å². The van der Waals surface area contributed by atoms with Gasteiger partial charge in [0.2, 0.25) is 5.91 Å². The third kappa shape index (κ3) is 5.93. The van der Waals surface area contributed by atoms with Gasteiger partial charge in [-0.2, -0.15) is 13.2 Å². The molecule has 0 saturated carbocycles. The molecular weight excluding hydrogens is 411 g/mol. The maximum atomic E-state index is 12.8. The van der Waals surface area contributed by atoms with Crippen molar-refractivity contribution < 1.29 is 27.9 Å². The fourth-order valence-corrected chi connectivity index (χ4v) is 2.86. The summed E-state index contributed by atoms with van der Waals surface area (Å²) in [5, 5.41) is 17.4. The van der Waals surface area contributed by atoms with Gasteiger partial charge >= 0.3 is 6.18 Å². The maximum Gasteiger partial charge on any atom is 0.416 e. The molecule has 2 aromatic rings. The Morgan fingerprint density at radius 3 is 2.31 bits per heavy atom. The first kappa shape index (κ1) is 22.7. The van der Waals surface area contributed by atoms with Gasteiger partial charge < -0.3 is 21.1 Å². The van der Waals surface area contributed by atoms with Crippen molar-refractivity contribution in [2.45, 2.75) is 24.7 Å². The molecule has 1 aliphatic heterocycles. The van der Waals surface area contributed by atoms with Gasteiger partial charge in [-0.15, -0.1) is 12.4 Å². The van der Waals surface area contributed by atoms with Crippen molar-refractivity contribution in [3.05, 3.63) is 59.7 Å². The Morgan fingerprint density at radius 1 is 1.03 bits per heavy atom. The summed E-state index contributed by atoms with van der Waals surface area (Å²) in [4.78, 5) is 24.5. The highest BCUT2D eigenvalue weighted by atomic mass is 35.5. The SMILES string of the molecule is Cl.O=C(Nc1cccc(C(F)(F)F)c1)c1cccc(NC(=O)C2CC(O)CN2)c1. The quantitative estimate of drug-likeness (QED) is 0.601. The number of benzene rings is 2. The predicted octanol–water partition coefficient (Wildman–Crippen LogP) is 3.04. The van der Waals surface area contributed by atoms with Crippen molar-refractivity contribution in [2.24, 2.45) is 0 Å². The van der Waals surface area contributed by atoms with Crippen molar-refractivity contribution in [1.82, 2.24) is 5.32 Å². The van der Waals surface area contributed by atoms with Gasteiger partial charge in [0.1, 0.15) is 0 Å². The summed E-state index contributed by atoms with van der Waals surface area (Å²) in [7, 11) is 0. The number of halogens is 4. The van der Waals surface area contributed by atoms with E-state index in [1.807, 2.05) is 0 Å². The van der Waals surface area contributed by atoms with Crippen LogP contribution in [0.5, 0.6) is 0 Å². The molecule has 10 heteroatoms. The molecule has 2 amide bonds. The van der Waals surface area contributed by atoms with E-state index in [4.69, 9.17) is 0 Å². The second kappa shape index (κ2) is 9.25. The molecule has 0 aromatic heterocycles. The Hall–Kier alpha value is -2.62. The van der Waals surface area contributed by atoms with Gasteiger partial charge in [0.15, 0.2) is 0 Å². The van der Waals surface area contributed by atoms with Gasteiger partial charge in [-0.25, -0.2) is 0 Å². The standard InChI is InChI=1S/C19H18F3N3O3.ClH/c20-19(21,22)12-4-2-6-14(8-12)24-17(27)11-3-1-5-13(7-11)25-18(28)16-9-15(26)10-23-16;/h1-8,15-16,23,26H,9-10H2,(H,24,27)(H,25,28);1H. The lowest BCUT2D eigenvalue weighted by Gasteiger charge is -2.12. The number of β-amino-alcohol motifs (C(OH)–C–C–N with tert-alkyl or cyclic N) is 1. The minimum atomic E-state index is -4.51. The maximum absolute atomic E-state index is 12.8. The third-order valence-electron chi connectivity index (χ3n) is 4.26. The number of rotatable bonds is 4. The number of alkyl halides is 3. The molecule has 1 fully saturated rings. The van der Waals surface area contributed by atoms with E-state index in [2.05, 4.69) is 16.0 Å². The van der Waals surface area contributed by atoms with Gasteiger partial charge in [0.05, 0.1) is 17.7 Å². The van der Waals surface area contributed by atoms with Crippen molar-refractivity contribution in [1.29, 1.82) is 0 Å². The normalized spacial score (nSPS) is 18.6. The van der Waals surface area contributed by atoms with E-state index in [9.17, 15) is 27.9 Å². The van der Waals surface area contributed by atoms with Gasteiger partial charge in [0.25, 0.3) is 5.91 Å². The molecule has 156 valence electrons. The lowest BCUT2D eigenvalue weighted by Crippen LogP contribution is -2.35. The van der Waals surface area contributed by atoms with Crippen LogP contribution in [0, 0.1) is 0 Å². The Kier molecular flexibility index (Phi) is 7.23. The molecule has 0 aliphatic carbocycles. The number of hydrogen-bond acceptors (Lipinski definition) is 4. The lowest BCUT2D eigenvalue weighted by atomic mass is 10.1. The fourth-order valence-electron chi connectivity index (χ4n) is 2.86. The highest BCUT2D eigenvalue weighted by Gasteiger charge is 2.30. The van der Waals surface area contributed by atoms with Crippen LogP contribution >= 0.6 is 12.4 Å². The lowest BCUT2D eigenvalue weighted by molar-refractivity contribution is -0.137. The van der Waals surface area contributed by atoms with Crippen LogP contribution in [0.1, 0.15) is 22.3 Å². The number of carbonyl (C=O) groups is 2. The van der Waals surface area contributed by atoms with Gasteiger partial charge in [0, 0.05) is 23.5 Å². The highest BCUT2D eigenvalue weighted by molar-refractivity contribution is 6.05. The van der Waals surface area contributed by atoms with Crippen molar-refractivity contribution in [2.75, 3.05) is 17.2 Å². The molecule has 0 spiro atoms. The van der Waals surface area contributed by atoms with E-state index in [1.54, 1.807) is 12.1 Å². The summed E-state index contributed by atoms with van der Waals surface area (Å²) in [6, 6.07) is 9.84. The molecule has 6 nitrogen and oxygen atoms in total. The number of nitrogens with one attached hydrogen (secondary N) is 3. The minimum Gasteiger partial charge on any atom is -0.392 e. The Morgan fingerprint density at radius 2 is 1.69 bits per heavy atom. The molecular formula is C19H19ClF3N3O3. The first-order valence-corrected chi connectivity index (χ1v) is 8.53. The summed E-state index contributed by atoms with van der Waals surface area (Å²) in [5.41, 5.74) is -0.310. The van der Waals surface area contributed by atoms with E-state index in [0.717, 1.165) is 12.1 Å². The fraction of sp³-hybridized carbons (Fsp3) is 0.263. The van der Waals surface area contributed by atoms with E-state index >= 15 is 0 Å². The number of anilines is 2. The number of amides is 2. The predicted molar refractivity (Wildman–Crippen MR) is 104 cm³/mol. The third-order valence-corrected chi connectivity index (χ3v) is 4.26. The topological polar surface area (TPSA) is 90.5 Å². The second-order valence-corrected chi connectivity index (χ2v) is 6.45. The molecule has 29 heavy (non-hydrogen) atoms. The monoisotopic (exact) mass is 429 g/mol. The smallest absolute Gasteiger partial charge is 0.392 e. The first-order valence-electron chi connectivity index (χ1n) is 8.53. The molecule has 2 aromatic carbocycles. The van der Waals surface area contributed by atoms with Crippen LogP contribution in [0.4, 0.5) is 24.5 Å². The van der Waals surface area contributed by atoms with Gasteiger partial charge in [-0.1, -0.05) is 12.1 Å². The molecule has 3 rings (SSSR count). The van der Waals surface area contributed by atoms with Crippen molar-refractivity contribution in [3.8, 4) is 0 Å². The summed E-state index contributed by atoms with van der Waals surface area (Å²) in [5.74, 6) is -0.947. The number of carbonyl (C=O) groups excluding carboxylic acids is 2. The molecule has 0 bridgehead atoms. The zero-order valence-electron chi connectivity index (χ0n) is 15.0. The summed E-state index contributed by atoms with van der Waals surface area (Å²) in [6.45, 7) is 0.331. The molecule has 1 saturated heterocycles. The number of aliphatic hydroxyl groups excluding tert-OH is 1. The average Bonchev–Trinajstić information content (AvgIpc) is 3.08. The van der Waals surface area contributed by atoms with Crippen LogP contribution in [0.25, 0.3) is 0 Å². The Balaban J connectivity index is 0.00000300. The molecule has 1 heterocycles. The van der Waals surface area contributed by atoms with Crippen LogP contribution in [-0.4, -0.2) is 35.6 Å². The molecule has 4 N–H and O–H groups in total. The Bertz CT molecular complexity index is 892. The van der Waals surface area contributed by atoms with Crippen LogP contribution < -0.4 is 16.0 Å². The zero-order valence-corrected chi connectivity index (χ0v) is 15.8. The molecule has 1 aliphatic rings. The van der Waals surface area contributed by atoms with Crippen LogP contribution in [-0.2, 0) is 11.0 Å². The number of aliphatic hydroxyl groups is 1. The van der Waals surface area contributed by atoms with Crippen molar-refractivity contribution in [3.63, 3.8) is 0 Å². The molecule has 0 radical (unpaired) electrons. The van der Waals surface area contributed by atoms with E-state index < -0.39 is 29.8 Å². The first-order chi connectivity index (χ1) is 13.2. The summed E-state index contributed by atoms with van der Waals surface area (Å²) in [6.07, 6.45) is -4.80. The van der Waals surface area contributed by atoms with E-state index in [-0.39, 0.29) is 29.6 Å².